The number of hydrogen-bond acceptors (Lipinski definition) is 1. The number of hydrogen-bond donors (Lipinski definition) is 1. The van der Waals surface area contributed by atoms with Crippen LogP contribution in [0.4, 0.5) is 0 Å². The molecule has 1 fully saturated rings. The van der Waals surface area contributed by atoms with Crippen LogP contribution in [0.3, 0.4) is 0 Å². The van der Waals surface area contributed by atoms with Gasteiger partial charge >= 0.3 is 0 Å². The van der Waals surface area contributed by atoms with Gasteiger partial charge in [-0.15, -0.1) is 0 Å². The van der Waals surface area contributed by atoms with E-state index in [2.05, 4.69) is 61.6 Å². The first-order valence-electron chi connectivity index (χ1n) is 7.96. The van der Waals surface area contributed by atoms with E-state index in [-0.39, 0.29) is 0 Å². The smallest absolute Gasteiger partial charge is 0.0214 e. The summed E-state index contributed by atoms with van der Waals surface area (Å²) in [5.74, 6) is 1.65. The lowest BCUT2D eigenvalue weighted by molar-refractivity contribution is 0.206. The fourth-order valence-electron chi connectivity index (χ4n) is 3.56. The lowest BCUT2D eigenvalue weighted by Gasteiger charge is -2.35. The van der Waals surface area contributed by atoms with E-state index < -0.39 is 0 Å². The van der Waals surface area contributed by atoms with Gasteiger partial charge in [0.15, 0.2) is 0 Å². The number of benzene rings is 2. The molecule has 0 radical (unpaired) electrons. The zero-order valence-corrected chi connectivity index (χ0v) is 12.6. The Morgan fingerprint density at radius 3 is 2.70 bits per heavy atom. The van der Waals surface area contributed by atoms with E-state index in [0.717, 1.165) is 18.4 Å². The lowest BCUT2D eigenvalue weighted by Crippen LogP contribution is -2.40. The molecule has 3 atom stereocenters. The number of fused-ring (bicyclic) bond motifs is 1. The molecule has 1 N–H and O–H groups in total. The summed E-state index contributed by atoms with van der Waals surface area (Å²) in [6.45, 7) is 5.80. The van der Waals surface area contributed by atoms with Crippen molar-refractivity contribution in [3.05, 3.63) is 48.0 Å². The zero-order valence-electron chi connectivity index (χ0n) is 12.6. The Balaban J connectivity index is 1.74. The molecular formula is C19H25N. The highest BCUT2D eigenvalue weighted by atomic mass is 14.9. The molecule has 0 saturated heterocycles. The maximum absolute atomic E-state index is 3.81. The van der Waals surface area contributed by atoms with Gasteiger partial charge in [-0.2, -0.15) is 0 Å². The zero-order chi connectivity index (χ0) is 13.9. The van der Waals surface area contributed by atoms with E-state index in [4.69, 9.17) is 0 Å². The maximum Gasteiger partial charge on any atom is 0.0214 e. The molecule has 1 nitrogen and oxygen atoms in total. The molecule has 0 aliphatic heterocycles. The minimum Gasteiger partial charge on any atom is -0.310 e. The molecule has 1 heteroatoms. The Bertz CT molecular complexity index is 569. The summed E-state index contributed by atoms with van der Waals surface area (Å²) in [5, 5.41) is 6.54. The highest BCUT2D eigenvalue weighted by Gasteiger charge is 2.26. The minimum atomic E-state index is 0.678. The molecule has 0 amide bonds. The second-order valence-corrected chi connectivity index (χ2v) is 6.39. The van der Waals surface area contributed by atoms with E-state index in [1.165, 1.54) is 35.6 Å². The molecule has 1 saturated carbocycles. The molecule has 1 aliphatic carbocycles. The third-order valence-electron chi connectivity index (χ3n) is 5.14. The Morgan fingerprint density at radius 2 is 1.80 bits per heavy atom. The van der Waals surface area contributed by atoms with Gasteiger partial charge in [0, 0.05) is 12.6 Å². The van der Waals surface area contributed by atoms with Crippen LogP contribution in [0.15, 0.2) is 42.5 Å². The standard InChI is InChI=1S/C19H25N/c1-14-7-5-12-19(15(14)2)20-13-17-10-6-9-16-8-3-4-11-18(16)17/h3-4,6,8-11,14-15,19-20H,5,7,12-13H2,1-2H3/t14-,15+,19-/m0/s1. The van der Waals surface area contributed by atoms with E-state index in [1.54, 1.807) is 0 Å². The van der Waals surface area contributed by atoms with Crippen molar-refractivity contribution in [2.24, 2.45) is 11.8 Å². The van der Waals surface area contributed by atoms with Gasteiger partial charge in [0.05, 0.1) is 0 Å². The van der Waals surface area contributed by atoms with Gasteiger partial charge in [0.25, 0.3) is 0 Å². The molecular weight excluding hydrogens is 242 g/mol. The van der Waals surface area contributed by atoms with E-state index in [9.17, 15) is 0 Å². The van der Waals surface area contributed by atoms with Crippen molar-refractivity contribution in [2.75, 3.05) is 0 Å². The predicted octanol–water partition coefficient (Wildman–Crippen LogP) is 4.75. The molecule has 1 aliphatic rings. The van der Waals surface area contributed by atoms with Crippen LogP contribution >= 0.6 is 0 Å². The highest BCUT2D eigenvalue weighted by Crippen LogP contribution is 2.30. The van der Waals surface area contributed by atoms with Crippen LogP contribution < -0.4 is 5.32 Å². The van der Waals surface area contributed by atoms with Crippen molar-refractivity contribution >= 4 is 10.8 Å². The van der Waals surface area contributed by atoms with Crippen molar-refractivity contribution in [3.8, 4) is 0 Å². The summed E-state index contributed by atoms with van der Waals surface area (Å²) in [4.78, 5) is 0. The third kappa shape index (κ3) is 2.73. The average molecular weight is 267 g/mol. The van der Waals surface area contributed by atoms with Crippen LogP contribution in [0.25, 0.3) is 10.8 Å². The Labute approximate surface area is 122 Å². The summed E-state index contributed by atoms with van der Waals surface area (Å²) in [5.41, 5.74) is 1.42. The first-order chi connectivity index (χ1) is 9.75. The molecule has 106 valence electrons. The van der Waals surface area contributed by atoms with Gasteiger partial charge in [-0.1, -0.05) is 69.2 Å². The van der Waals surface area contributed by atoms with Gasteiger partial charge in [0.2, 0.25) is 0 Å². The molecule has 2 aromatic rings. The highest BCUT2D eigenvalue weighted by molar-refractivity contribution is 5.85. The molecule has 0 bridgehead atoms. The predicted molar refractivity (Wildman–Crippen MR) is 86.8 cm³/mol. The van der Waals surface area contributed by atoms with Crippen LogP contribution in [0, 0.1) is 11.8 Å². The van der Waals surface area contributed by atoms with E-state index in [1.807, 2.05) is 0 Å². The van der Waals surface area contributed by atoms with Crippen LogP contribution in [0.5, 0.6) is 0 Å². The monoisotopic (exact) mass is 267 g/mol. The van der Waals surface area contributed by atoms with E-state index in [0.29, 0.717) is 6.04 Å². The average Bonchev–Trinajstić information content (AvgIpc) is 2.49. The summed E-state index contributed by atoms with van der Waals surface area (Å²) in [7, 11) is 0. The molecule has 0 spiro atoms. The van der Waals surface area contributed by atoms with Crippen molar-refractivity contribution in [1.29, 1.82) is 0 Å². The van der Waals surface area contributed by atoms with Gasteiger partial charge < -0.3 is 5.32 Å². The summed E-state index contributed by atoms with van der Waals surface area (Å²) in [6.07, 6.45) is 4.10. The normalized spacial score (nSPS) is 26.8. The van der Waals surface area contributed by atoms with Gasteiger partial charge in [0.1, 0.15) is 0 Å². The first kappa shape index (κ1) is 13.6. The van der Waals surface area contributed by atoms with Crippen molar-refractivity contribution < 1.29 is 0 Å². The SMILES string of the molecule is C[C@H]1[C@@H](NCc2cccc3ccccc23)CCC[C@@H]1C. The Hall–Kier alpha value is -1.34. The molecule has 0 heterocycles. The van der Waals surface area contributed by atoms with Crippen LogP contribution in [-0.2, 0) is 6.54 Å². The van der Waals surface area contributed by atoms with Gasteiger partial charge in [-0.25, -0.2) is 0 Å². The van der Waals surface area contributed by atoms with Crippen LogP contribution in [0.2, 0.25) is 0 Å². The molecule has 0 aromatic heterocycles. The van der Waals surface area contributed by atoms with E-state index >= 15 is 0 Å². The molecule has 3 rings (SSSR count). The maximum atomic E-state index is 3.81. The first-order valence-corrected chi connectivity index (χ1v) is 7.96. The largest absolute Gasteiger partial charge is 0.310 e. The fraction of sp³-hybridized carbons (Fsp3) is 0.474. The molecule has 2 aromatic carbocycles. The number of rotatable bonds is 3. The number of nitrogens with one attached hydrogen (secondary N) is 1. The third-order valence-corrected chi connectivity index (χ3v) is 5.14. The quantitative estimate of drug-likeness (QED) is 0.846. The fourth-order valence-corrected chi connectivity index (χ4v) is 3.56. The topological polar surface area (TPSA) is 12.0 Å². The van der Waals surface area contributed by atoms with Crippen LogP contribution in [0.1, 0.15) is 38.7 Å². The summed E-state index contributed by atoms with van der Waals surface area (Å²) in [6, 6.07) is 16.0. The Kier molecular flexibility index (Phi) is 4.07. The second kappa shape index (κ2) is 5.97. The lowest BCUT2D eigenvalue weighted by atomic mass is 9.78. The molecule has 20 heavy (non-hydrogen) atoms. The van der Waals surface area contributed by atoms with Crippen molar-refractivity contribution in [3.63, 3.8) is 0 Å². The summed E-state index contributed by atoms with van der Waals surface area (Å²) >= 11 is 0. The van der Waals surface area contributed by atoms with Gasteiger partial charge in [-0.3, -0.25) is 0 Å². The van der Waals surface area contributed by atoms with Crippen molar-refractivity contribution in [2.45, 2.75) is 45.7 Å². The van der Waals surface area contributed by atoms with Crippen LogP contribution in [-0.4, -0.2) is 6.04 Å². The summed E-state index contributed by atoms with van der Waals surface area (Å²) < 4.78 is 0. The Morgan fingerprint density at radius 1 is 1.00 bits per heavy atom. The second-order valence-electron chi connectivity index (χ2n) is 6.39. The van der Waals surface area contributed by atoms with Crippen molar-refractivity contribution in [1.82, 2.24) is 5.32 Å². The van der Waals surface area contributed by atoms with Gasteiger partial charge in [-0.05, 0) is 34.6 Å². The minimum absolute atomic E-state index is 0.678. The molecule has 0 unspecified atom stereocenters.